The third kappa shape index (κ3) is 5.46. The van der Waals surface area contributed by atoms with Crippen molar-refractivity contribution in [3.8, 4) is 0 Å². The molecule has 1 saturated heterocycles. The molecule has 1 fully saturated rings. The summed E-state index contributed by atoms with van der Waals surface area (Å²) in [5.41, 5.74) is 0.844. The number of anilines is 3. The smallest absolute Gasteiger partial charge is 0.234 e. The van der Waals surface area contributed by atoms with Gasteiger partial charge in [0.2, 0.25) is 5.91 Å². The lowest BCUT2D eigenvalue weighted by Gasteiger charge is -2.36. The van der Waals surface area contributed by atoms with Crippen LogP contribution >= 0.6 is 23.4 Å². The number of hydrogen-bond acceptors (Lipinski definition) is 6. The van der Waals surface area contributed by atoms with E-state index in [1.807, 2.05) is 30.3 Å². The highest BCUT2D eigenvalue weighted by Gasteiger charge is 2.20. The van der Waals surface area contributed by atoms with Crippen molar-refractivity contribution >= 4 is 46.5 Å². The zero-order chi connectivity index (χ0) is 22.5. The van der Waals surface area contributed by atoms with Gasteiger partial charge in [-0.1, -0.05) is 35.5 Å². The first-order valence-electron chi connectivity index (χ1n) is 9.95. The average molecular weight is 476 g/mol. The first-order valence-corrected chi connectivity index (χ1v) is 11.3. The van der Waals surface area contributed by atoms with Crippen molar-refractivity contribution in [3.05, 3.63) is 71.3 Å². The number of para-hydroxylation sites is 1. The topological polar surface area (TPSA) is 61.4 Å². The third-order valence-corrected chi connectivity index (χ3v) is 6.22. The maximum atomic E-state index is 13.6. The van der Waals surface area contributed by atoms with Crippen LogP contribution in [0.5, 0.6) is 0 Å². The Morgan fingerprint density at radius 3 is 2.47 bits per heavy atom. The molecule has 0 saturated carbocycles. The molecule has 1 aromatic heterocycles. The van der Waals surface area contributed by atoms with Crippen LogP contribution in [-0.4, -0.2) is 48.0 Å². The van der Waals surface area contributed by atoms with Gasteiger partial charge in [-0.3, -0.25) is 4.79 Å². The maximum absolute atomic E-state index is 13.6. The Balaban J connectivity index is 1.28. The molecule has 6 nitrogen and oxygen atoms in total. The minimum atomic E-state index is -0.691. The average Bonchev–Trinajstić information content (AvgIpc) is 2.81. The second kappa shape index (κ2) is 10.1. The van der Waals surface area contributed by atoms with E-state index >= 15 is 0 Å². The van der Waals surface area contributed by atoms with Gasteiger partial charge in [-0.2, -0.15) is 0 Å². The van der Waals surface area contributed by atoms with E-state index in [9.17, 15) is 13.6 Å². The first kappa shape index (κ1) is 22.3. The van der Waals surface area contributed by atoms with Gasteiger partial charge in [0, 0.05) is 32.2 Å². The van der Waals surface area contributed by atoms with Gasteiger partial charge in [-0.05, 0) is 36.4 Å². The molecule has 0 unspecified atom stereocenters. The van der Waals surface area contributed by atoms with E-state index in [2.05, 4.69) is 25.3 Å². The van der Waals surface area contributed by atoms with Crippen molar-refractivity contribution in [1.82, 2.24) is 10.2 Å². The second-order valence-corrected chi connectivity index (χ2v) is 8.52. The molecule has 1 amide bonds. The summed E-state index contributed by atoms with van der Waals surface area (Å²) in [4.78, 5) is 16.4. The molecule has 10 heteroatoms. The largest absolute Gasteiger partial charge is 0.367 e. The summed E-state index contributed by atoms with van der Waals surface area (Å²) >= 11 is 7.47. The normalized spacial score (nSPS) is 13.8. The summed E-state index contributed by atoms with van der Waals surface area (Å²) in [6.07, 6.45) is 0. The molecule has 1 aliphatic heterocycles. The number of amides is 1. The summed E-state index contributed by atoms with van der Waals surface area (Å²) in [6, 6.07) is 14.4. The predicted octanol–water partition coefficient (Wildman–Crippen LogP) is 4.47. The zero-order valence-corrected chi connectivity index (χ0v) is 18.5. The third-order valence-electron chi connectivity index (χ3n) is 4.98. The van der Waals surface area contributed by atoms with Gasteiger partial charge in [0.1, 0.15) is 16.7 Å². The van der Waals surface area contributed by atoms with E-state index < -0.39 is 17.5 Å². The summed E-state index contributed by atoms with van der Waals surface area (Å²) in [5, 5.41) is 12.1. The van der Waals surface area contributed by atoms with Crippen molar-refractivity contribution in [3.63, 3.8) is 0 Å². The lowest BCUT2D eigenvalue weighted by atomic mass is 10.2. The van der Waals surface area contributed by atoms with E-state index in [4.69, 9.17) is 11.6 Å². The van der Waals surface area contributed by atoms with Crippen LogP contribution in [0.25, 0.3) is 0 Å². The number of nitrogens with one attached hydrogen (secondary N) is 1. The van der Waals surface area contributed by atoms with E-state index in [0.29, 0.717) is 5.03 Å². The molecule has 0 bridgehead atoms. The molecule has 3 aromatic rings. The molecule has 1 aliphatic rings. The van der Waals surface area contributed by atoms with Crippen LogP contribution in [0.3, 0.4) is 0 Å². The van der Waals surface area contributed by atoms with Crippen LogP contribution in [0.2, 0.25) is 5.02 Å². The maximum Gasteiger partial charge on any atom is 0.234 e. The number of hydrogen-bond donors (Lipinski definition) is 1. The zero-order valence-electron chi connectivity index (χ0n) is 17.0. The highest BCUT2D eigenvalue weighted by molar-refractivity contribution is 7.99. The number of carbonyl (C=O) groups excluding carboxylic acids is 1. The van der Waals surface area contributed by atoms with Gasteiger partial charge < -0.3 is 15.1 Å². The first-order chi connectivity index (χ1) is 15.5. The lowest BCUT2D eigenvalue weighted by Crippen LogP contribution is -2.47. The monoisotopic (exact) mass is 475 g/mol. The Bertz CT molecular complexity index is 1090. The fourth-order valence-electron chi connectivity index (χ4n) is 3.36. The highest BCUT2D eigenvalue weighted by Crippen LogP contribution is 2.27. The van der Waals surface area contributed by atoms with Crippen LogP contribution in [0.4, 0.5) is 26.0 Å². The number of aromatic nitrogens is 2. The van der Waals surface area contributed by atoms with Crippen LogP contribution in [0, 0.1) is 11.6 Å². The molecule has 2 aromatic carbocycles. The van der Waals surface area contributed by atoms with Crippen molar-refractivity contribution < 1.29 is 13.6 Å². The van der Waals surface area contributed by atoms with Crippen LogP contribution < -0.4 is 15.1 Å². The van der Waals surface area contributed by atoms with Crippen molar-refractivity contribution in [2.45, 2.75) is 5.03 Å². The lowest BCUT2D eigenvalue weighted by molar-refractivity contribution is -0.113. The number of nitrogens with zero attached hydrogens (tertiary/aromatic N) is 4. The molecule has 0 atom stereocenters. The van der Waals surface area contributed by atoms with Crippen LogP contribution in [0.15, 0.2) is 59.6 Å². The second-order valence-electron chi connectivity index (χ2n) is 7.12. The number of rotatable bonds is 6. The van der Waals surface area contributed by atoms with Crippen LogP contribution in [0.1, 0.15) is 0 Å². The summed E-state index contributed by atoms with van der Waals surface area (Å²) in [5.74, 6) is -1.01. The van der Waals surface area contributed by atoms with Gasteiger partial charge in [0.25, 0.3) is 0 Å². The Kier molecular flexibility index (Phi) is 7.06. The molecule has 166 valence electrons. The molecule has 0 aliphatic carbocycles. The number of thioether (sulfide) groups is 1. The number of piperazine rings is 1. The Labute approximate surface area is 193 Å². The minimum absolute atomic E-state index is 0.000485. The SMILES string of the molecule is O=C(CSc1ccc(N2CCN(c3ccccc3Cl)CC2)nn1)Nc1cc(F)ccc1F. The molecule has 0 spiro atoms. The molecule has 32 heavy (non-hydrogen) atoms. The van der Waals surface area contributed by atoms with Crippen molar-refractivity contribution in [2.24, 2.45) is 0 Å². The Morgan fingerprint density at radius 1 is 1.00 bits per heavy atom. The van der Waals surface area contributed by atoms with Gasteiger partial charge in [0.05, 0.1) is 22.2 Å². The van der Waals surface area contributed by atoms with E-state index in [-0.39, 0.29) is 11.4 Å². The molecule has 1 N–H and O–H groups in total. The molecule has 4 rings (SSSR count). The molecular formula is C22H20ClF2N5OS. The molecular weight excluding hydrogens is 456 g/mol. The summed E-state index contributed by atoms with van der Waals surface area (Å²) < 4.78 is 26.8. The van der Waals surface area contributed by atoms with Gasteiger partial charge in [-0.15, -0.1) is 10.2 Å². The predicted molar refractivity (Wildman–Crippen MR) is 124 cm³/mol. The Morgan fingerprint density at radius 2 is 1.75 bits per heavy atom. The van der Waals surface area contributed by atoms with Gasteiger partial charge in [-0.25, -0.2) is 8.78 Å². The Hall–Kier alpha value is -2.91. The van der Waals surface area contributed by atoms with E-state index in [1.165, 1.54) is 11.8 Å². The number of halogens is 3. The van der Waals surface area contributed by atoms with Gasteiger partial charge >= 0.3 is 0 Å². The summed E-state index contributed by atoms with van der Waals surface area (Å²) in [7, 11) is 0. The summed E-state index contributed by atoms with van der Waals surface area (Å²) in [6.45, 7) is 3.21. The standard InChI is InChI=1S/C22H20ClF2N5OS/c23-16-3-1-2-4-19(16)29-9-11-30(12-10-29)20-7-8-22(28-27-20)32-14-21(31)26-18-13-15(24)5-6-17(18)25/h1-8,13H,9-12,14H2,(H,26,31). The fourth-order valence-corrected chi connectivity index (χ4v) is 4.23. The fraction of sp³-hybridized carbons (Fsp3) is 0.227. The van der Waals surface area contributed by atoms with Crippen LogP contribution in [-0.2, 0) is 4.79 Å². The molecule has 2 heterocycles. The van der Waals surface area contributed by atoms with E-state index in [0.717, 1.165) is 60.9 Å². The number of carbonyl (C=O) groups is 1. The van der Waals surface area contributed by atoms with Crippen molar-refractivity contribution in [2.75, 3.05) is 47.0 Å². The number of benzene rings is 2. The molecule has 0 radical (unpaired) electrons. The minimum Gasteiger partial charge on any atom is -0.367 e. The van der Waals surface area contributed by atoms with E-state index in [1.54, 1.807) is 6.07 Å². The highest BCUT2D eigenvalue weighted by atomic mass is 35.5. The van der Waals surface area contributed by atoms with Crippen molar-refractivity contribution in [1.29, 1.82) is 0 Å². The van der Waals surface area contributed by atoms with Gasteiger partial charge in [0.15, 0.2) is 5.82 Å². The quantitative estimate of drug-likeness (QED) is 0.531.